The van der Waals surface area contributed by atoms with E-state index in [4.69, 9.17) is 9.15 Å². The van der Waals surface area contributed by atoms with Crippen LogP contribution in [-0.2, 0) is 16.6 Å². The van der Waals surface area contributed by atoms with Crippen LogP contribution < -0.4 is 10.1 Å². The van der Waals surface area contributed by atoms with Crippen LogP contribution in [0.15, 0.2) is 45.7 Å². The van der Waals surface area contributed by atoms with Gasteiger partial charge in [-0.25, -0.2) is 0 Å². The zero-order chi connectivity index (χ0) is 20.4. The minimum absolute atomic E-state index is 0.222. The fourth-order valence-corrected chi connectivity index (χ4v) is 3.76. The van der Waals surface area contributed by atoms with Crippen LogP contribution in [-0.4, -0.2) is 48.3 Å². The average Bonchev–Trinajstić information content (AvgIpc) is 3.19. The van der Waals surface area contributed by atoms with Gasteiger partial charge in [0.05, 0.1) is 23.7 Å². The van der Waals surface area contributed by atoms with Crippen molar-refractivity contribution in [3.8, 4) is 5.75 Å². The van der Waals surface area contributed by atoms with Crippen molar-refractivity contribution in [2.24, 2.45) is 0 Å². The Kier molecular flexibility index (Phi) is 9.23. The van der Waals surface area contributed by atoms with Crippen molar-refractivity contribution in [2.45, 2.75) is 37.3 Å². The lowest BCUT2D eigenvalue weighted by molar-refractivity contribution is 0.0919. The molecule has 0 fully saturated rings. The number of benzene rings is 1. The minimum atomic E-state index is -1.25. The summed E-state index contributed by atoms with van der Waals surface area (Å²) in [5, 5.41) is 2.89. The molecule has 1 heterocycles. The molecule has 0 aliphatic heterocycles. The third-order valence-corrected chi connectivity index (χ3v) is 5.81. The van der Waals surface area contributed by atoms with Crippen molar-refractivity contribution < 1.29 is 18.2 Å². The monoisotopic (exact) mass is 406 g/mol. The number of likely N-dealkylation sites (N-methyl/N-ethyl adjacent to an activating group) is 1. The van der Waals surface area contributed by atoms with Gasteiger partial charge in [0.1, 0.15) is 11.5 Å². The highest BCUT2D eigenvalue weighted by Crippen LogP contribution is 2.18. The molecule has 0 radical (unpaired) electrons. The van der Waals surface area contributed by atoms with Crippen molar-refractivity contribution in [3.63, 3.8) is 0 Å². The topological polar surface area (TPSA) is 71.8 Å². The van der Waals surface area contributed by atoms with Gasteiger partial charge in [0.15, 0.2) is 5.76 Å². The summed E-state index contributed by atoms with van der Waals surface area (Å²) in [5.74, 6) is 1.47. The van der Waals surface area contributed by atoms with Crippen molar-refractivity contribution in [1.82, 2.24) is 10.2 Å². The Morgan fingerprint density at radius 3 is 2.54 bits per heavy atom. The van der Waals surface area contributed by atoms with Crippen molar-refractivity contribution in [3.05, 3.63) is 47.9 Å². The Morgan fingerprint density at radius 1 is 1.14 bits per heavy atom. The molecular formula is C21H30N2O4S. The van der Waals surface area contributed by atoms with Crippen molar-refractivity contribution in [2.75, 3.05) is 33.3 Å². The van der Waals surface area contributed by atoms with Crippen LogP contribution in [0.1, 0.15) is 43.0 Å². The van der Waals surface area contributed by atoms with Crippen LogP contribution in [0.3, 0.4) is 0 Å². The number of nitrogens with zero attached hydrogens (tertiary/aromatic N) is 1. The molecule has 1 aromatic heterocycles. The number of furan rings is 1. The molecule has 0 unspecified atom stereocenters. The Balaban J connectivity index is 1.83. The number of ether oxygens (including phenoxy) is 1. The first-order valence-corrected chi connectivity index (χ1v) is 11.0. The first-order valence-electron chi connectivity index (χ1n) is 9.69. The molecule has 2 aromatic rings. The molecule has 0 aliphatic carbocycles. The highest BCUT2D eigenvalue weighted by molar-refractivity contribution is 7.84. The lowest BCUT2D eigenvalue weighted by Gasteiger charge is -2.19. The number of methoxy groups -OCH3 is 1. The van der Waals surface area contributed by atoms with Crippen molar-refractivity contribution in [1.29, 1.82) is 0 Å². The van der Waals surface area contributed by atoms with Gasteiger partial charge < -0.3 is 19.4 Å². The highest BCUT2D eigenvalue weighted by atomic mass is 32.2. The predicted octanol–water partition coefficient (Wildman–Crippen LogP) is 3.45. The van der Waals surface area contributed by atoms with Gasteiger partial charge in [0.25, 0.3) is 5.91 Å². The van der Waals surface area contributed by atoms with E-state index in [9.17, 15) is 9.00 Å². The lowest BCUT2D eigenvalue weighted by atomic mass is 10.3. The lowest BCUT2D eigenvalue weighted by Crippen LogP contribution is -2.35. The molecule has 1 N–H and O–H groups in total. The molecule has 0 saturated heterocycles. The third kappa shape index (κ3) is 6.80. The van der Waals surface area contributed by atoms with E-state index in [1.807, 2.05) is 0 Å². The van der Waals surface area contributed by atoms with Crippen LogP contribution in [0, 0.1) is 0 Å². The smallest absolute Gasteiger partial charge is 0.287 e. The highest BCUT2D eigenvalue weighted by Gasteiger charge is 2.14. The van der Waals surface area contributed by atoms with Gasteiger partial charge in [-0.05, 0) is 55.9 Å². The van der Waals surface area contributed by atoms with E-state index in [2.05, 4.69) is 24.1 Å². The van der Waals surface area contributed by atoms with E-state index >= 15 is 0 Å². The number of amides is 1. The van der Waals surface area contributed by atoms with Gasteiger partial charge in [-0.15, -0.1) is 0 Å². The zero-order valence-electron chi connectivity index (χ0n) is 16.9. The molecule has 0 aliphatic rings. The van der Waals surface area contributed by atoms with E-state index < -0.39 is 10.8 Å². The number of nitrogens with one attached hydrogen (secondary N) is 1. The van der Waals surface area contributed by atoms with Crippen LogP contribution in [0.25, 0.3) is 0 Å². The number of carbonyl (C=O) groups is 1. The number of unbranched alkanes of at least 4 members (excludes halogenated alkanes) is 1. The SMILES string of the molecule is CCCCN(CC)CCNC(=O)c1ccc(C[S@](=O)c2ccc(OC)cc2)o1. The second-order valence-electron chi connectivity index (χ2n) is 6.48. The Hall–Kier alpha value is -2.12. The van der Waals surface area contributed by atoms with Crippen LogP contribution >= 0.6 is 0 Å². The van der Waals surface area contributed by atoms with E-state index in [1.165, 1.54) is 0 Å². The minimum Gasteiger partial charge on any atom is -0.497 e. The second kappa shape index (κ2) is 11.7. The standard InChI is InChI=1S/C21H30N2O4S/c1-4-6-14-23(5-2)15-13-22-21(24)20-12-9-18(27-20)16-28(25)19-10-7-17(26-3)8-11-19/h7-12H,4-6,13-16H2,1-3H3,(H,22,24)/t28-/m0/s1. The molecule has 0 saturated carbocycles. The zero-order valence-corrected chi connectivity index (χ0v) is 17.7. The van der Waals surface area contributed by atoms with Crippen molar-refractivity contribution >= 4 is 16.7 Å². The van der Waals surface area contributed by atoms with Gasteiger partial charge in [-0.2, -0.15) is 0 Å². The van der Waals surface area contributed by atoms with Gasteiger partial charge in [0, 0.05) is 18.0 Å². The molecule has 1 aromatic carbocycles. The van der Waals surface area contributed by atoms with Crippen LogP contribution in [0.2, 0.25) is 0 Å². The van der Waals surface area contributed by atoms with E-state index in [-0.39, 0.29) is 17.4 Å². The maximum Gasteiger partial charge on any atom is 0.287 e. The summed E-state index contributed by atoms with van der Waals surface area (Å²) in [6.07, 6.45) is 2.32. The Bertz CT molecular complexity index is 758. The molecule has 1 atom stereocenters. The molecule has 0 bridgehead atoms. The summed E-state index contributed by atoms with van der Waals surface area (Å²) >= 11 is 0. The van der Waals surface area contributed by atoms with E-state index in [0.717, 1.165) is 32.5 Å². The molecule has 154 valence electrons. The molecular weight excluding hydrogens is 376 g/mol. The average molecular weight is 407 g/mol. The fourth-order valence-electron chi connectivity index (χ4n) is 2.74. The molecule has 0 spiro atoms. The van der Waals surface area contributed by atoms with E-state index in [1.54, 1.807) is 43.5 Å². The number of carbonyl (C=O) groups excluding carboxylic acids is 1. The van der Waals surface area contributed by atoms with Gasteiger partial charge >= 0.3 is 0 Å². The summed E-state index contributed by atoms with van der Waals surface area (Å²) in [7, 11) is 0.341. The fraction of sp³-hybridized carbons (Fsp3) is 0.476. The molecule has 1 amide bonds. The van der Waals surface area contributed by atoms with Crippen LogP contribution in [0.4, 0.5) is 0 Å². The molecule has 28 heavy (non-hydrogen) atoms. The molecule has 6 nitrogen and oxygen atoms in total. The largest absolute Gasteiger partial charge is 0.497 e. The molecule has 7 heteroatoms. The summed E-state index contributed by atoms with van der Waals surface area (Å²) in [6.45, 7) is 7.70. The second-order valence-corrected chi connectivity index (χ2v) is 7.93. The number of hydrogen-bond acceptors (Lipinski definition) is 5. The molecule has 2 rings (SSSR count). The first kappa shape index (κ1) is 22.2. The Morgan fingerprint density at radius 2 is 1.89 bits per heavy atom. The summed E-state index contributed by atoms with van der Waals surface area (Å²) in [6, 6.07) is 10.4. The summed E-state index contributed by atoms with van der Waals surface area (Å²) in [5.41, 5.74) is 0. The maximum atomic E-state index is 12.5. The number of rotatable bonds is 12. The number of hydrogen-bond donors (Lipinski definition) is 1. The maximum absolute atomic E-state index is 12.5. The van der Waals surface area contributed by atoms with Crippen LogP contribution in [0.5, 0.6) is 5.75 Å². The predicted molar refractivity (Wildman–Crippen MR) is 111 cm³/mol. The van der Waals surface area contributed by atoms with Gasteiger partial charge in [-0.3, -0.25) is 9.00 Å². The summed E-state index contributed by atoms with van der Waals surface area (Å²) < 4.78 is 23.2. The van der Waals surface area contributed by atoms with Gasteiger partial charge in [0.2, 0.25) is 0 Å². The summed E-state index contributed by atoms with van der Waals surface area (Å²) in [4.78, 5) is 15.3. The Labute approximate surface area is 169 Å². The van der Waals surface area contributed by atoms with Gasteiger partial charge in [-0.1, -0.05) is 20.3 Å². The van der Waals surface area contributed by atoms with E-state index in [0.29, 0.717) is 22.9 Å². The first-order chi connectivity index (χ1) is 13.6. The normalized spacial score (nSPS) is 12.1. The quantitative estimate of drug-likeness (QED) is 0.585. The third-order valence-electron chi connectivity index (χ3n) is 4.47.